The van der Waals surface area contributed by atoms with Crippen LogP contribution in [-0.2, 0) is 14.8 Å². The highest BCUT2D eigenvalue weighted by Crippen LogP contribution is 2.34. The third-order valence-corrected chi connectivity index (χ3v) is 5.54. The lowest BCUT2D eigenvalue weighted by molar-refractivity contribution is 0.330. The van der Waals surface area contributed by atoms with E-state index in [1.54, 1.807) is 0 Å². The molecule has 0 amide bonds. The van der Waals surface area contributed by atoms with Crippen molar-refractivity contribution in [3.63, 3.8) is 0 Å². The van der Waals surface area contributed by atoms with Crippen molar-refractivity contribution < 1.29 is 13.2 Å². The highest BCUT2D eigenvalue weighted by Gasteiger charge is 2.42. The predicted molar refractivity (Wildman–Crippen MR) is 59.0 cm³/mol. The zero-order chi connectivity index (χ0) is 11.6. The molecule has 0 bridgehead atoms. The summed E-state index contributed by atoms with van der Waals surface area (Å²) in [4.78, 5) is 14.0. The van der Waals surface area contributed by atoms with Gasteiger partial charge in [0, 0.05) is 6.54 Å². The van der Waals surface area contributed by atoms with Crippen LogP contribution in [0.15, 0.2) is 4.99 Å². The molecule has 0 spiro atoms. The van der Waals surface area contributed by atoms with Gasteiger partial charge < -0.3 is 0 Å². The molecular weight excluding hydrogens is 228 g/mol. The van der Waals surface area contributed by atoms with E-state index in [1.165, 1.54) is 10.4 Å². The Balaban J connectivity index is 2.22. The van der Waals surface area contributed by atoms with Crippen molar-refractivity contribution in [3.05, 3.63) is 0 Å². The van der Waals surface area contributed by atoms with Crippen molar-refractivity contribution in [1.29, 1.82) is 0 Å². The van der Waals surface area contributed by atoms with Crippen LogP contribution in [0, 0.1) is 0 Å². The highest BCUT2D eigenvalue weighted by molar-refractivity contribution is 7.90. The van der Waals surface area contributed by atoms with E-state index >= 15 is 0 Å². The number of aliphatic imine (C=N–C) groups is 1. The molecule has 5 nitrogen and oxygen atoms in total. The number of sulfonamides is 1. The molecule has 1 saturated heterocycles. The Bertz CT molecular complexity index is 396. The summed E-state index contributed by atoms with van der Waals surface area (Å²) in [5, 5.41) is -0.227. The summed E-state index contributed by atoms with van der Waals surface area (Å²) in [6, 6.07) is 0. The molecule has 6 heteroatoms. The van der Waals surface area contributed by atoms with Crippen LogP contribution in [0.2, 0.25) is 0 Å². The van der Waals surface area contributed by atoms with E-state index in [0.717, 1.165) is 32.1 Å². The van der Waals surface area contributed by atoms with Crippen molar-refractivity contribution >= 4 is 16.1 Å². The summed E-state index contributed by atoms with van der Waals surface area (Å²) in [6.07, 6.45) is 5.90. The van der Waals surface area contributed by atoms with Crippen LogP contribution in [0.25, 0.3) is 0 Å². The van der Waals surface area contributed by atoms with Crippen molar-refractivity contribution in [2.75, 3.05) is 6.54 Å². The minimum atomic E-state index is -3.22. The molecule has 1 aliphatic heterocycles. The molecule has 2 fully saturated rings. The van der Waals surface area contributed by atoms with Gasteiger partial charge >= 0.3 is 0 Å². The maximum absolute atomic E-state index is 12.1. The minimum absolute atomic E-state index is 0.227. The van der Waals surface area contributed by atoms with Gasteiger partial charge in [-0.15, -0.1) is 0 Å². The van der Waals surface area contributed by atoms with E-state index in [9.17, 15) is 13.2 Å². The average Bonchev–Trinajstić information content (AvgIpc) is 3.05. The van der Waals surface area contributed by atoms with Gasteiger partial charge in [-0.25, -0.2) is 13.2 Å². The normalized spacial score (nSPS) is 28.1. The quantitative estimate of drug-likeness (QED) is 0.550. The second-order valence-corrected chi connectivity index (χ2v) is 6.57. The monoisotopic (exact) mass is 244 g/mol. The maximum Gasteiger partial charge on any atom is 0.236 e. The van der Waals surface area contributed by atoms with E-state index in [0.29, 0.717) is 13.0 Å². The molecule has 1 heterocycles. The molecule has 1 atom stereocenters. The highest BCUT2D eigenvalue weighted by atomic mass is 32.2. The molecule has 0 N–H and O–H groups in total. The fourth-order valence-corrected chi connectivity index (χ4v) is 4.10. The van der Waals surface area contributed by atoms with Crippen LogP contribution in [0.5, 0.6) is 0 Å². The van der Waals surface area contributed by atoms with E-state index in [2.05, 4.69) is 4.99 Å². The van der Waals surface area contributed by atoms with Gasteiger partial charge in [-0.2, -0.15) is 9.30 Å². The fraction of sp³-hybridized carbons (Fsp3) is 0.900. The number of rotatable bonds is 3. The lowest BCUT2D eigenvalue weighted by Crippen LogP contribution is -2.40. The van der Waals surface area contributed by atoms with E-state index in [4.69, 9.17) is 0 Å². The van der Waals surface area contributed by atoms with Crippen LogP contribution < -0.4 is 0 Å². The molecular formula is C10H16N2O3S. The third-order valence-electron chi connectivity index (χ3n) is 3.15. The molecule has 2 rings (SSSR count). The first-order chi connectivity index (χ1) is 7.66. The summed E-state index contributed by atoms with van der Waals surface area (Å²) in [7, 11) is -3.22. The smallest absolute Gasteiger partial charge is 0.212 e. The molecule has 0 aromatic heterocycles. The van der Waals surface area contributed by atoms with Gasteiger partial charge in [-0.3, -0.25) is 0 Å². The standard InChI is InChI=1S/C10H16N2O3S/c13-8-11-10-4-2-1-3-7-12(10)16(14,15)9-5-6-9/h9-10H,1-7H2. The van der Waals surface area contributed by atoms with Crippen LogP contribution in [0.1, 0.15) is 38.5 Å². The van der Waals surface area contributed by atoms with E-state index in [-0.39, 0.29) is 5.25 Å². The van der Waals surface area contributed by atoms with Crippen LogP contribution in [0.3, 0.4) is 0 Å². The van der Waals surface area contributed by atoms with Gasteiger partial charge in [-0.1, -0.05) is 6.42 Å². The van der Waals surface area contributed by atoms with Crippen LogP contribution in [0.4, 0.5) is 0 Å². The first kappa shape index (κ1) is 11.8. The number of hydrogen-bond acceptors (Lipinski definition) is 4. The average molecular weight is 244 g/mol. The van der Waals surface area contributed by atoms with Gasteiger partial charge in [0.2, 0.25) is 16.1 Å². The SMILES string of the molecule is O=C=NC1CCCCCN1S(=O)(=O)C1CC1. The minimum Gasteiger partial charge on any atom is -0.212 e. The van der Waals surface area contributed by atoms with Gasteiger partial charge in [0.1, 0.15) is 6.17 Å². The first-order valence-corrected chi connectivity index (χ1v) is 7.24. The Morgan fingerprint density at radius 2 is 1.88 bits per heavy atom. The number of isocyanates is 1. The molecule has 1 unspecified atom stereocenters. The Morgan fingerprint density at radius 3 is 2.50 bits per heavy atom. The number of nitrogens with zero attached hydrogens (tertiary/aromatic N) is 2. The number of carbonyl (C=O) groups excluding carboxylic acids is 1. The van der Waals surface area contributed by atoms with Gasteiger partial charge in [0.05, 0.1) is 5.25 Å². The molecule has 2 aliphatic rings. The second kappa shape index (κ2) is 4.65. The van der Waals surface area contributed by atoms with Gasteiger partial charge in [0.25, 0.3) is 0 Å². The molecule has 0 radical (unpaired) electrons. The Labute approximate surface area is 95.6 Å². The molecule has 90 valence electrons. The van der Waals surface area contributed by atoms with Crippen LogP contribution >= 0.6 is 0 Å². The third kappa shape index (κ3) is 2.34. The summed E-state index contributed by atoms with van der Waals surface area (Å²) in [5.41, 5.74) is 0. The molecule has 0 aromatic rings. The largest absolute Gasteiger partial charge is 0.236 e. The fourth-order valence-electron chi connectivity index (χ4n) is 2.11. The predicted octanol–water partition coefficient (Wildman–Crippen LogP) is 1.02. The number of hydrogen-bond donors (Lipinski definition) is 0. The van der Waals surface area contributed by atoms with Gasteiger partial charge in [-0.05, 0) is 32.1 Å². The Morgan fingerprint density at radius 1 is 1.12 bits per heavy atom. The Kier molecular flexibility index (Phi) is 3.42. The van der Waals surface area contributed by atoms with E-state index in [1.807, 2.05) is 0 Å². The van der Waals surface area contributed by atoms with Crippen LogP contribution in [-0.4, -0.2) is 36.8 Å². The summed E-state index contributed by atoms with van der Waals surface area (Å²) in [6.45, 7) is 0.495. The maximum atomic E-state index is 12.1. The topological polar surface area (TPSA) is 66.8 Å². The lowest BCUT2D eigenvalue weighted by atomic mass is 10.2. The van der Waals surface area contributed by atoms with Crippen molar-refractivity contribution in [3.8, 4) is 0 Å². The molecule has 1 aliphatic carbocycles. The van der Waals surface area contributed by atoms with Crippen molar-refractivity contribution in [1.82, 2.24) is 4.31 Å². The van der Waals surface area contributed by atoms with Gasteiger partial charge in [0.15, 0.2) is 0 Å². The van der Waals surface area contributed by atoms with Crippen molar-refractivity contribution in [2.45, 2.75) is 49.9 Å². The molecule has 1 saturated carbocycles. The summed E-state index contributed by atoms with van der Waals surface area (Å²) >= 11 is 0. The summed E-state index contributed by atoms with van der Waals surface area (Å²) < 4.78 is 25.7. The zero-order valence-corrected chi connectivity index (χ0v) is 9.95. The first-order valence-electron chi connectivity index (χ1n) is 5.74. The lowest BCUT2D eigenvalue weighted by Gasteiger charge is -2.24. The summed E-state index contributed by atoms with van der Waals surface area (Å²) in [5.74, 6) is 0. The van der Waals surface area contributed by atoms with E-state index < -0.39 is 16.2 Å². The van der Waals surface area contributed by atoms with Crippen molar-refractivity contribution in [2.24, 2.45) is 4.99 Å². The zero-order valence-electron chi connectivity index (χ0n) is 9.13. The second-order valence-electron chi connectivity index (χ2n) is 4.41. The molecule has 0 aromatic carbocycles. The molecule has 16 heavy (non-hydrogen) atoms. The Hall–Kier alpha value is -0.710.